The first-order chi connectivity index (χ1) is 10.7. The van der Waals surface area contributed by atoms with Gasteiger partial charge in [0.2, 0.25) is 5.78 Å². The monoisotopic (exact) mass is 295 g/mol. The van der Waals surface area contributed by atoms with Gasteiger partial charge < -0.3 is 9.64 Å². The van der Waals surface area contributed by atoms with Crippen LogP contribution in [0.2, 0.25) is 0 Å². The molecule has 0 radical (unpaired) electrons. The van der Waals surface area contributed by atoms with E-state index in [2.05, 4.69) is 0 Å². The lowest BCUT2D eigenvalue weighted by molar-refractivity contribution is 0.0909. The molecule has 0 fully saturated rings. The first-order valence-corrected chi connectivity index (χ1v) is 7.31. The summed E-state index contributed by atoms with van der Waals surface area (Å²) in [4.78, 5) is 14.6. The van der Waals surface area contributed by atoms with E-state index in [0.717, 1.165) is 12.1 Å². The normalized spacial score (nSPS) is 11.5. The molecular formula is C19H21NO2. The van der Waals surface area contributed by atoms with Crippen molar-refractivity contribution in [2.75, 3.05) is 27.2 Å². The molecular weight excluding hydrogens is 274 g/mol. The fourth-order valence-electron chi connectivity index (χ4n) is 1.94. The van der Waals surface area contributed by atoms with Crippen molar-refractivity contribution in [2.24, 2.45) is 0 Å². The van der Waals surface area contributed by atoms with Gasteiger partial charge in [0.05, 0.1) is 0 Å². The molecule has 0 bridgehead atoms. The van der Waals surface area contributed by atoms with E-state index < -0.39 is 0 Å². The minimum absolute atomic E-state index is 0.0943. The van der Waals surface area contributed by atoms with Crippen LogP contribution >= 0.6 is 0 Å². The van der Waals surface area contributed by atoms with Crippen molar-refractivity contribution >= 4 is 11.9 Å². The maximum atomic E-state index is 12.6. The van der Waals surface area contributed by atoms with Crippen LogP contribution in [-0.2, 0) is 4.74 Å². The number of carbonyl (C=O) groups excluding carboxylic acids is 1. The molecule has 0 aliphatic carbocycles. The molecule has 0 heterocycles. The minimum atomic E-state index is -0.0943. The highest BCUT2D eigenvalue weighted by Gasteiger charge is 2.13. The van der Waals surface area contributed by atoms with Crippen LogP contribution in [0.5, 0.6) is 0 Å². The highest BCUT2D eigenvalue weighted by molar-refractivity contribution is 6.09. The quantitative estimate of drug-likeness (QED) is 0.445. The predicted molar refractivity (Wildman–Crippen MR) is 89.7 cm³/mol. The Kier molecular flexibility index (Phi) is 5.92. The SMILES string of the molecule is CN(C)CCOC(=Cc1ccccc1)C(=O)c1ccccc1. The number of ketones is 1. The predicted octanol–water partition coefficient (Wildman–Crippen LogP) is 3.49. The van der Waals surface area contributed by atoms with E-state index in [4.69, 9.17) is 4.74 Å². The second kappa shape index (κ2) is 8.15. The molecule has 2 aromatic carbocycles. The Bertz CT molecular complexity index is 618. The van der Waals surface area contributed by atoms with Crippen LogP contribution in [0.4, 0.5) is 0 Å². The average molecular weight is 295 g/mol. The van der Waals surface area contributed by atoms with Crippen LogP contribution in [0.1, 0.15) is 15.9 Å². The van der Waals surface area contributed by atoms with E-state index in [1.165, 1.54) is 0 Å². The third-order valence-corrected chi connectivity index (χ3v) is 3.15. The van der Waals surface area contributed by atoms with Gasteiger partial charge in [-0.15, -0.1) is 0 Å². The van der Waals surface area contributed by atoms with Crippen LogP contribution in [0, 0.1) is 0 Å². The smallest absolute Gasteiger partial charge is 0.227 e. The molecule has 3 heteroatoms. The fourth-order valence-corrected chi connectivity index (χ4v) is 1.94. The van der Waals surface area contributed by atoms with Crippen molar-refractivity contribution in [2.45, 2.75) is 0 Å². The maximum Gasteiger partial charge on any atom is 0.227 e. The number of Topliss-reactive ketones (excluding diaryl/α,β-unsaturated/α-hetero) is 1. The molecule has 22 heavy (non-hydrogen) atoms. The number of hydrogen-bond acceptors (Lipinski definition) is 3. The van der Waals surface area contributed by atoms with E-state index >= 15 is 0 Å². The Morgan fingerprint density at radius 3 is 2.18 bits per heavy atom. The average Bonchev–Trinajstić information content (AvgIpc) is 2.55. The number of hydrogen-bond donors (Lipinski definition) is 0. The summed E-state index contributed by atoms with van der Waals surface area (Å²) in [6.45, 7) is 1.23. The van der Waals surface area contributed by atoms with Gasteiger partial charge in [0.25, 0.3) is 0 Å². The number of benzene rings is 2. The summed E-state index contributed by atoms with van der Waals surface area (Å²) in [5.74, 6) is 0.280. The van der Waals surface area contributed by atoms with Gasteiger partial charge in [0, 0.05) is 12.1 Å². The van der Waals surface area contributed by atoms with E-state index in [1.807, 2.05) is 67.5 Å². The Labute approximate surface area is 131 Å². The molecule has 0 unspecified atom stereocenters. The Morgan fingerprint density at radius 2 is 1.59 bits per heavy atom. The fraction of sp³-hybridized carbons (Fsp3) is 0.211. The molecule has 0 N–H and O–H groups in total. The molecule has 0 saturated carbocycles. The number of rotatable bonds is 7. The second-order valence-corrected chi connectivity index (χ2v) is 5.27. The summed E-state index contributed by atoms with van der Waals surface area (Å²) in [5, 5.41) is 0. The third-order valence-electron chi connectivity index (χ3n) is 3.15. The number of likely N-dealkylation sites (N-methyl/N-ethyl adjacent to an activating group) is 1. The summed E-state index contributed by atoms with van der Waals surface area (Å²) in [5.41, 5.74) is 1.58. The molecule has 0 amide bonds. The van der Waals surface area contributed by atoms with Gasteiger partial charge >= 0.3 is 0 Å². The van der Waals surface area contributed by atoms with Crippen molar-refractivity contribution < 1.29 is 9.53 Å². The Hall–Kier alpha value is -2.39. The number of carbonyl (C=O) groups is 1. The van der Waals surface area contributed by atoms with Crippen LogP contribution in [-0.4, -0.2) is 37.9 Å². The Balaban J connectivity index is 2.21. The van der Waals surface area contributed by atoms with Gasteiger partial charge in [0.15, 0.2) is 5.76 Å². The van der Waals surface area contributed by atoms with Crippen molar-refractivity contribution in [3.63, 3.8) is 0 Å². The van der Waals surface area contributed by atoms with E-state index in [1.54, 1.807) is 18.2 Å². The van der Waals surface area contributed by atoms with Crippen molar-refractivity contribution in [3.05, 3.63) is 77.5 Å². The number of ether oxygens (including phenoxy) is 1. The molecule has 114 valence electrons. The zero-order chi connectivity index (χ0) is 15.8. The van der Waals surface area contributed by atoms with Crippen LogP contribution in [0.3, 0.4) is 0 Å². The highest BCUT2D eigenvalue weighted by atomic mass is 16.5. The van der Waals surface area contributed by atoms with E-state index in [0.29, 0.717) is 17.9 Å². The standard InChI is InChI=1S/C19H21NO2/c1-20(2)13-14-22-18(15-16-9-5-3-6-10-16)19(21)17-11-7-4-8-12-17/h3-12,15H,13-14H2,1-2H3. The lowest BCUT2D eigenvalue weighted by atomic mass is 10.1. The first kappa shape index (κ1) is 16.0. The summed E-state index contributed by atoms with van der Waals surface area (Å²) >= 11 is 0. The Morgan fingerprint density at radius 1 is 1.00 bits per heavy atom. The lowest BCUT2D eigenvalue weighted by Crippen LogP contribution is -2.19. The van der Waals surface area contributed by atoms with Gasteiger partial charge in [-0.25, -0.2) is 0 Å². The summed E-state index contributed by atoms with van der Waals surface area (Å²) in [6, 6.07) is 18.9. The molecule has 0 aliphatic heterocycles. The van der Waals surface area contributed by atoms with Crippen molar-refractivity contribution in [1.82, 2.24) is 4.90 Å². The molecule has 0 spiro atoms. The van der Waals surface area contributed by atoms with Gasteiger partial charge in [-0.1, -0.05) is 60.7 Å². The second-order valence-electron chi connectivity index (χ2n) is 5.27. The van der Waals surface area contributed by atoms with E-state index in [9.17, 15) is 4.79 Å². The molecule has 0 atom stereocenters. The van der Waals surface area contributed by atoms with Crippen LogP contribution in [0.15, 0.2) is 66.4 Å². The zero-order valence-corrected chi connectivity index (χ0v) is 13.0. The number of nitrogens with zero attached hydrogens (tertiary/aromatic N) is 1. The number of allylic oxidation sites excluding steroid dienone is 1. The zero-order valence-electron chi connectivity index (χ0n) is 13.0. The summed E-state index contributed by atoms with van der Waals surface area (Å²) < 4.78 is 5.74. The maximum absolute atomic E-state index is 12.6. The van der Waals surface area contributed by atoms with Gasteiger partial charge in [-0.3, -0.25) is 4.79 Å². The summed E-state index contributed by atoms with van der Waals surface area (Å²) in [6.07, 6.45) is 1.80. The molecule has 3 nitrogen and oxygen atoms in total. The largest absolute Gasteiger partial charge is 0.488 e. The molecule has 0 saturated heterocycles. The van der Waals surface area contributed by atoms with Crippen LogP contribution < -0.4 is 0 Å². The van der Waals surface area contributed by atoms with Gasteiger partial charge in [0.1, 0.15) is 6.61 Å². The van der Waals surface area contributed by atoms with Crippen molar-refractivity contribution in [3.8, 4) is 0 Å². The molecule has 2 aromatic rings. The third kappa shape index (κ3) is 4.86. The van der Waals surface area contributed by atoms with Gasteiger partial charge in [-0.2, -0.15) is 0 Å². The first-order valence-electron chi connectivity index (χ1n) is 7.31. The lowest BCUT2D eigenvalue weighted by Gasteiger charge is -2.13. The topological polar surface area (TPSA) is 29.5 Å². The molecule has 0 aromatic heterocycles. The summed E-state index contributed by atoms with van der Waals surface area (Å²) in [7, 11) is 3.95. The molecule has 0 aliphatic rings. The van der Waals surface area contributed by atoms with Crippen LogP contribution in [0.25, 0.3) is 6.08 Å². The minimum Gasteiger partial charge on any atom is -0.488 e. The molecule has 2 rings (SSSR count). The highest BCUT2D eigenvalue weighted by Crippen LogP contribution is 2.14. The van der Waals surface area contributed by atoms with Crippen molar-refractivity contribution in [1.29, 1.82) is 0 Å². The van der Waals surface area contributed by atoms with Gasteiger partial charge in [-0.05, 0) is 25.7 Å². The van der Waals surface area contributed by atoms with E-state index in [-0.39, 0.29) is 5.78 Å².